The van der Waals surface area contributed by atoms with E-state index in [1.807, 2.05) is 60.7 Å². The molecular weight excluding hydrogens is 458 g/mol. The van der Waals surface area contributed by atoms with Crippen LogP contribution in [0.4, 0.5) is 11.4 Å². The van der Waals surface area contributed by atoms with Gasteiger partial charge in [-0.3, -0.25) is 14.5 Å². The first kappa shape index (κ1) is 24.1. The second-order valence-electron chi connectivity index (χ2n) is 7.94. The van der Waals surface area contributed by atoms with Crippen molar-refractivity contribution in [1.82, 2.24) is 0 Å². The molecule has 0 saturated carbocycles. The average Bonchev–Trinajstić information content (AvgIpc) is 3.20. The number of nitrogens with zero attached hydrogens (tertiary/aromatic N) is 2. The number of para-hydroxylation sites is 2. The van der Waals surface area contributed by atoms with Gasteiger partial charge in [-0.1, -0.05) is 73.3 Å². The Morgan fingerprint density at radius 1 is 1.03 bits per heavy atom. The summed E-state index contributed by atoms with van der Waals surface area (Å²) in [5.41, 5.74) is 3.10. The van der Waals surface area contributed by atoms with Crippen LogP contribution in [0.3, 0.4) is 0 Å². The zero-order chi connectivity index (χ0) is 24.8. The molecule has 2 amide bonds. The van der Waals surface area contributed by atoms with Gasteiger partial charge < -0.3 is 10.1 Å². The minimum absolute atomic E-state index is 0.121. The number of benzene rings is 3. The maximum Gasteiger partial charge on any atom is 0.269 e. The molecule has 0 radical (unpaired) electrons. The maximum atomic E-state index is 13.6. The van der Waals surface area contributed by atoms with Gasteiger partial charge in [0.1, 0.15) is 22.4 Å². The average molecular weight is 484 g/mol. The van der Waals surface area contributed by atoms with E-state index in [0.717, 1.165) is 17.5 Å². The molecule has 0 aromatic heterocycles. The highest BCUT2D eigenvalue weighted by Gasteiger charge is 2.40. The van der Waals surface area contributed by atoms with Gasteiger partial charge in [0.15, 0.2) is 0 Å². The van der Waals surface area contributed by atoms with Crippen molar-refractivity contribution in [3.8, 4) is 11.8 Å². The monoisotopic (exact) mass is 483 g/mol. The lowest BCUT2D eigenvalue weighted by molar-refractivity contribution is -0.117. The second-order valence-corrected chi connectivity index (χ2v) is 9.13. The molecular formula is C28H25N3O3S. The lowest BCUT2D eigenvalue weighted by Gasteiger charge is -2.19. The smallest absolute Gasteiger partial charge is 0.269 e. The Morgan fingerprint density at radius 2 is 1.71 bits per heavy atom. The molecule has 35 heavy (non-hydrogen) atoms. The van der Waals surface area contributed by atoms with Crippen LogP contribution in [0, 0.1) is 11.3 Å². The molecule has 1 atom stereocenters. The minimum atomic E-state index is -0.595. The number of nitrogens with one attached hydrogen (secondary N) is 1. The summed E-state index contributed by atoms with van der Waals surface area (Å²) in [6.07, 6.45) is 1.36. The lowest BCUT2D eigenvalue weighted by Crippen LogP contribution is -2.31. The van der Waals surface area contributed by atoms with E-state index in [2.05, 4.69) is 12.2 Å². The zero-order valence-electron chi connectivity index (χ0n) is 19.5. The summed E-state index contributed by atoms with van der Waals surface area (Å²) in [4.78, 5) is 28.3. The van der Waals surface area contributed by atoms with E-state index in [4.69, 9.17) is 4.74 Å². The van der Waals surface area contributed by atoms with Gasteiger partial charge in [-0.05, 0) is 48.2 Å². The Morgan fingerprint density at radius 3 is 2.37 bits per heavy atom. The molecule has 4 rings (SSSR count). The quantitative estimate of drug-likeness (QED) is 0.363. The largest absolute Gasteiger partial charge is 0.495 e. The van der Waals surface area contributed by atoms with Crippen molar-refractivity contribution >= 4 is 35.0 Å². The lowest BCUT2D eigenvalue weighted by atomic mass is 10.1. The Kier molecular flexibility index (Phi) is 7.54. The van der Waals surface area contributed by atoms with Gasteiger partial charge in [0.25, 0.3) is 5.91 Å². The molecule has 1 heterocycles. The number of amides is 2. The number of hydrogen-bond acceptors (Lipinski definition) is 5. The number of ether oxygens (including phenoxy) is 1. The van der Waals surface area contributed by atoms with E-state index in [1.165, 1.54) is 23.8 Å². The number of methoxy groups -OCH3 is 1. The number of carbonyl (C=O) groups is 2. The Balaban J connectivity index is 1.73. The SMILES string of the molecule is CCc1ccc(N2C(=O)C(Cc3ccccc3)S/C2=C(/C#N)C(=O)Nc2ccccc2OC)cc1. The summed E-state index contributed by atoms with van der Waals surface area (Å²) in [6.45, 7) is 2.06. The summed E-state index contributed by atoms with van der Waals surface area (Å²) in [5.74, 6) is -0.272. The molecule has 1 saturated heterocycles. The molecule has 1 aliphatic heterocycles. The highest BCUT2D eigenvalue weighted by Crippen LogP contribution is 2.42. The number of carbonyl (C=O) groups excluding carboxylic acids is 2. The summed E-state index contributed by atoms with van der Waals surface area (Å²) >= 11 is 1.25. The van der Waals surface area contributed by atoms with Crippen LogP contribution in [0.2, 0.25) is 0 Å². The fourth-order valence-electron chi connectivity index (χ4n) is 3.86. The molecule has 1 unspecified atom stereocenters. The molecule has 0 aliphatic carbocycles. The van der Waals surface area contributed by atoms with Crippen molar-refractivity contribution in [2.24, 2.45) is 0 Å². The molecule has 3 aromatic carbocycles. The summed E-state index contributed by atoms with van der Waals surface area (Å²) in [6, 6.07) is 26.4. The molecule has 7 heteroatoms. The van der Waals surface area contributed by atoms with E-state index >= 15 is 0 Å². The Hall–Kier alpha value is -4.02. The van der Waals surface area contributed by atoms with E-state index in [-0.39, 0.29) is 11.5 Å². The van der Waals surface area contributed by atoms with Crippen molar-refractivity contribution < 1.29 is 14.3 Å². The van der Waals surface area contributed by atoms with E-state index in [1.54, 1.807) is 24.3 Å². The van der Waals surface area contributed by atoms with Crippen LogP contribution in [0.5, 0.6) is 5.75 Å². The highest BCUT2D eigenvalue weighted by molar-refractivity contribution is 8.05. The van der Waals surface area contributed by atoms with Gasteiger partial charge in [0.05, 0.1) is 18.0 Å². The standard InChI is InChI=1S/C28H25N3O3S/c1-3-19-13-15-21(16-14-19)31-27(33)25(17-20-9-5-4-6-10-20)35-28(31)22(18-29)26(32)30-23-11-7-8-12-24(23)34-2/h4-16,25H,3,17H2,1-2H3,(H,30,32)/b28-22-. The van der Waals surface area contributed by atoms with E-state index in [0.29, 0.717) is 28.6 Å². The normalized spacial score (nSPS) is 16.5. The topological polar surface area (TPSA) is 82.4 Å². The van der Waals surface area contributed by atoms with Gasteiger partial charge >= 0.3 is 0 Å². The first-order chi connectivity index (χ1) is 17.0. The van der Waals surface area contributed by atoms with Crippen molar-refractivity contribution in [2.75, 3.05) is 17.3 Å². The number of nitriles is 1. The molecule has 176 valence electrons. The Bertz CT molecular complexity index is 1300. The highest BCUT2D eigenvalue weighted by atomic mass is 32.2. The molecule has 0 bridgehead atoms. The van der Waals surface area contributed by atoms with Crippen LogP contribution in [0.15, 0.2) is 89.5 Å². The van der Waals surface area contributed by atoms with Gasteiger partial charge in [0.2, 0.25) is 5.91 Å². The molecule has 1 N–H and O–H groups in total. The van der Waals surface area contributed by atoms with Crippen LogP contribution in [0.1, 0.15) is 18.1 Å². The molecule has 3 aromatic rings. The van der Waals surface area contributed by atoms with Crippen LogP contribution in [-0.4, -0.2) is 24.2 Å². The minimum Gasteiger partial charge on any atom is -0.495 e. The van der Waals surface area contributed by atoms with Gasteiger partial charge in [-0.2, -0.15) is 5.26 Å². The number of aryl methyl sites for hydroxylation is 1. The Labute approximate surface area is 209 Å². The molecule has 6 nitrogen and oxygen atoms in total. The van der Waals surface area contributed by atoms with Crippen molar-refractivity contribution in [3.05, 3.63) is 101 Å². The van der Waals surface area contributed by atoms with Crippen molar-refractivity contribution in [2.45, 2.75) is 25.0 Å². The third-order valence-electron chi connectivity index (χ3n) is 5.73. The number of thioether (sulfide) groups is 1. The summed E-state index contributed by atoms with van der Waals surface area (Å²) in [7, 11) is 1.51. The fourth-order valence-corrected chi connectivity index (χ4v) is 5.17. The number of anilines is 2. The van der Waals surface area contributed by atoms with Crippen LogP contribution in [-0.2, 0) is 22.4 Å². The third-order valence-corrected chi connectivity index (χ3v) is 6.99. The predicted molar refractivity (Wildman–Crippen MR) is 139 cm³/mol. The van der Waals surface area contributed by atoms with E-state index < -0.39 is 11.2 Å². The first-order valence-electron chi connectivity index (χ1n) is 11.3. The maximum absolute atomic E-state index is 13.6. The van der Waals surface area contributed by atoms with Gasteiger partial charge in [-0.15, -0.1) is 0 Å². The zero-order valence-corrected chi connectivity index (χ0v) is 20.3. The first-order valence-corrected chi connectivity index (χ1v) is 12.2. The van der Waals surface area contributed by atoms with Crippen LogP contribution >= 0.6 is 11.8 Å². The number of rotatable bonds is 7. The fraction of sp³-hybridized carbons (Fsp3) is 0.179. The van der Waals surface area contributed by atoms with Crippen molar-refractivity contribution in [3.63, 3.8) is 0 Å². The number of hydrogen-bond donors (Lipinski definition) is 1. The predicted octanol–water partition coefficient (Wildman–Crippen LogP) is 5.32. The van der Waals surface area contributed by atoms with Gasteiger partial charge in [0, 0.05) is 5.69 Å². The van der Waals surface area contributed by atoms with Crippen LogP contribution in [0.25, 0.3) is 0 Å². The summed E-state index contributed by atoms with van der Waals surface area (Å²) < 4.78 is 5.31. The van der Waals surface area contributed by atoms with E-state index in [9.17, 15) is 14.9 Å². The second kappa shape index (κ2) is 10.9. The summed E-state index contributed by atoms with van der Waals surface area (Å²) in [5, 5.41) is 12.7. The molecule has 1 fully saturated rings. The van der Waals surface area contributed by atoms with Crippen molar-refractivity contribution in [1.29, 1.82) is 5.26 Å². The van der Waals surface area contributed by atoms with Crippen LogP contribution < -0.4 is 15.0 Å². The third kappa shape index (κ3) is 5.23. The molecule has 1 aliphatic rings. The van der Waals surface area contributed by atoms with Gasteiger partial charge in [-0.25, -0.2) is 0 Å². The molecule has 0 spiro atoms.